The van der Waals surface area contributed by atoms with Crippen molar-refractivity contribution in [2.75, 3.05) is 32.8 Å². The summed E-state index contributed by atoms with van der Waals surface area (Å²) in [6.45, 7) is 9.09. The maximum Gasteiger partial charge on any atom is 0.419 e. The fourth-order valence-electron chi connectivity index (χ4n) is 5.44. The molecule has 0 spiro atoms. The summed E-state index contributed by atoms with van der Waals surface area (Å²) in [5.41, 5.74) is 7.08. The Hall–Kier alpha value is -3.56. The lowest BCUT2D eigenvalue weighted by Crippen LogP contribution is -2.43. The first-order valence-electron chi connectivity index (χ1n) is 14.3. The zero-order valence-electron chi connectivity index (χ0n) is 24.9. The topological polar surface area (TPSA) is 91.3 Å². The van der Waals surface area contributed by atoms with Crippen molar-refractivity contribution in [2.24, 2.45) is 5.92 Å². The van der Waals surface area contributed by atoms with Gasteiger partial charge in [0.05, 0.1) is 37.4 Å². The number of rotatable bonds is 8. The number of aromatic nitrogens is 1. The average molecular weight is 564 g/mol. The molecule has 0 amide bonds. The first-order chi connectivity index (χ1) is 19.6. The van der Waals surface area contributed by atoms with Crippen LogP contribution in [0.25, 0.3) is 10.9 Å². The third-order valence-corrected chi connectivity index (χ3v) is 7.72. The number of methoxy groups -OCH3 is 2. The van der Waals surface area contributed by atoms with Gasteiger partial charge in [0.2, 0.25) is 0 Å². The Morgan fingerprint density at radius 3 is 2.41 bits per heavy atom. The molecule has 9 heteroatoms. The van der Waals surface area contributed by atoms with Crippen molar-refractivity contribution in [3.05, 3.63) is 59.3 Å². The number of piperidine rings is 1. The van der Waals surface area contributed by atoms with E-state index in [1.165, 1.54) is 20.0 Å². The van der Waals surface area contributed by atoms with E-state index in [1.54, 1.807) is 30.0 Å². The number of nitrogens with one attached hydrogen (secondary N) is 1. The average Bonchev–Trinajstić information content (AvgIpc) is 3.67. The monoisotopic (exact) mass is 563 g/mol. The highest BCUT2D eigenvalue weighted by Gasteiger charge is 2.33. The lowest BCUT2D eigenvalue weighted by Gasteiger charge is -2.40. The number of hydrogen-bond donors (Lipinski definition) is 1. The Morgan fingerprint density at radius 2 is 1.78 bits per heavy atom. The summed E-state index contributed by atoms with van der Waals surface area (Å²) in [5.74, 6) is 1.02. The normalized spacial score (nSPS) is 19.7. The van der Waals surface area contributed by atoms with Gasteiger partial charge in [-0.05, 0) is 94.7 Å². The highest BCUT2D eigenvalue weighted by atomic mass is 16.6. The van der Waals surface area contributed by atoms with E-state index in [2.05, 4.69) is 10.4 Å². The second-order valence-corrected chi connectivity index (χ2v) is 12.1. The number of anilines is 1. The van der Waals surface area contributed by atoms with Crippen LogP contribution in [0.15, 0.2) is 42.6 Å². The maximum atomic E-state index is 13.1. The van der Waals surface area contributed by atoms with Crippen LogP contribution in [0.2, 0.25) is 0 Å². The minimum atomic E-state index is -0.613. The number of carbonyl (C=O) groups excluding carboxylic acids is 2. The van der Waals surface area contributed by atoms with Gasteiger partial charge in [-0.15, -0.1) is 0 Å². The number of hydrazine groups is 1. The van der Waals surface area contributed by atoms with E-state index in [0.717, 1.165) is 53.7 Å². The molecular weight excluding hydrogens is 522 g/mol. The lowest BCUT2D eigenvalue weighted by molar-refractivity contribution is -0.0139. The van der Waals surface area contributed by atoms with Gasteiger partial charge in [0, 0.05) is 24.7 Å². The van der Waals surface area contributed by atoms with E-state index in [1.807, 2.05) is 52.0 Å². The molecule has 0 unspecified atom stereocenters. The molecule has 1 aromatic heterocycles. The van der Waals surface area contributed by atoms with Crippen LogP contribution in [0.1, 0.15) is 74.0 Å². The summed E-state index contributed by atoms with van der Waals surface area (Å²) >= 11 is 0. The van der Waals surface area contributed by atoms with E-state index >= 15 is 0 Å². The third-order valence-electron chi connectivity index (χ3n) is 7.72. The molecule has 1 N–H and O–H groups in total. The summed E-state index contributed by atoms with van der Waals surface area (Å²) < 4.78 is 24.3. The molecule has 2 heterocycles. The van der Waals surface area contributed by atoms with Crippen molar-refractivity contribution in [3.63, 3.8) is 0 Å². The Morgan fingerprint density at radius 1 is 1.05 bits per heavy atom. The summed E-state index contributed by atoms with van der Waals surface area (Å²) in [7, 11) is 3.04. The number of benzene rings is 2. The van der Waals surface area contributed by atoms with Crippen molar-refractivity contribution >= 4 is 28.7 Å². The fourth-order valence-corrected chi connectivity index (χ4v) is 5.44. The van der Waals surface area contributed by atoms with Crippen molar-refractivity contribution in [3.8, 4) is 5.75 Å². The minimum absolute atomic E-state index is 0.0198. The Bertz CT molecular complexity index is 1400. The molecule has 2 fully saturated rings. The van der Waals surface area contributed by atoms with Crippen molar-refractivity contribution in [1.82, 2.24) is 9.58 Å². The van der Waals surface area contributed by atoms with Gasteiger partial charge >= 0.3 is 12.1 Å². The molecule has 1 saturated carbocycles. The lowest BCUT2D eigenvalue weighted by atomic mass is 9.93. The van der Waals surface area contributed by atoms with Gasteiger partial charge in [-0.2, -0.15) is 0 Å². The number of nitrogens with zero attached hydrogens (tertiary/aromatic N) is 2. The van der Waals surface area contributed by atoms with Crippen molar-refractivity contribution in [1.29, 1.82) is 0 Å². The van der Waals surface area contributed by atoms with Crippen LogP contribution in [0, 0.1) is 12.8 Å². The second kappa shape index (κ2) is 11.7. The smallest absolute Gasteiger partial charge is 0.419 e. The quantitative estimate of drug-likeness (QED) is 0.311. The summed E-state index contributed by atoms with van der Waals surface area (Å²) in [6.07, 6.45) is 5.66. The largest absolute Gasteiger partial charge is 0.495 e. The Balaban J connectivity index is 1.48. The SMILES string of the molecule is COC(=O)c1ccc([C@@H]2C[C@H](OCC3CC3)CCN2Nc2c(OC)cc(C)c3c2ccn3C(=O)OC(C)(C)C)cc1. The van der Waals surface area contributed by atoms with Crippen LogP contribution in [0.5, 0.6) is 5.75 Å². The molecule has 9 nitrogen and oxygen atoms in total. The second-order valence-electron chi connectivity index (χ2n) is 12.1. The number of ether oxygens (including phenoxy) is 4. The molecule has 1 saturated heterocycles. The van der Waals surface area contributed by atoms with Crippen LogP contribution < -0.4 is 10.2 Å². The van der Waals surface area contributed by atoms with Crippen LogP contribution in [0.4, 0.5) is 10.5 Å². The number of carbonyl (C=O) groups is 2. The third kappa shape index (κ3) is 6.52. The molecule has 0 radical (unpaired) electrons. The molecule has 1 aliphatic carbocycles. The first-order valence-corrected chi connectivity index (χ1v) is 14.3. The van der Waals surface area contributed by atoms with E-state index in [-0.39, 0.29) is 18.1 Å². The van der Waals surface area contributed by atoms with Crippen LogP contribution in [-0.2, 0) is 14.2 Å². The minimum Gasteiger partial charge on any atom is -0.495 e. The molecule has 41 heavy (non-hydrogen) atoms. The van der Waals surface area contributed by atoms with Crippen molar-refractivity contribution < 1.29 is 28.5 Å². The molecular formula is C32H41N3O6. The van der Waals surface area contributed by atoms with Gasteiger partial charge in [-0.25, -0.2) is 14.6 Å². The highest BCUT2D eigenvalue weighted by molar-refractivity contribution is 6.01. The summed E-state index contributed by atoms with van der Waals surface area (Å²) in [6, 6.07) is 11.4. The van der Waals surface area contributed by atoms with E-state index < -0.39 is 11.7 Å². The fraction of sp³-hybridized carbons (Fsp3) is 0.500. The summed E-state index contributed by atoms with van der Waals surface area (Å²) in [5, 5.41) is 3.07. The Kier molecular flexibility index (Phi) is 8.29. The van der Waals surface area contributed by atoms with Gasteiger partial charge < -0.3 is 24.4 Å². The number of esters is 1. The van der Waals surface area contributed by atoms with Gasteiger partial charge in [0.15, 0.2) is 0 Å². The Labute approximate surface area is 241 Å². The molecule has 1 aliphatic heterocycles. The number of hydrogen-bond acceptors (Lipinski definition) is 8. The van der Waals surface area contributed by atoms with Crippen LogP contribution in [0.3, 0.4) is 0 Å². The molecule has 3 aromatic rings. The van der Waals surface area contributed by atoms with Crippen LogP contribution >= 0.6 is 0 Å². The van der Waals surface area contributed by atoms with Crippen LogP contribution in [-0.4, -0.2) is 60.7 Å². The molecule has 2 atom stereocenters. The van der Waals surface area contributed by atoms with E-state index in [9.17, 15) is 9.59 Å². The molecule has 2 aliphatic rings. The van der Waals surface area contributed by atoms with E-state index in [4.69, 9.17) is 18.9 Å². The van der Waals surface area contributed by atoms with Gasteiger partial charge in [-0.1, -0.05) is 12.1 Å². The molecule has 220 valence electrons. The van der Waals surface area contributed by atoms with Gasteiger partial charge in [-0.3, -0.25) is 4.57 Å². The first kappa shape index (κ1) is 29.0. The molecule has 2 aromatic carbocycles. The van der Waals surface area contributed by atoms with Gasteiger partial charge in [0.25, 0.3) is 0 Å². The summed E-state index contributed by atoms with van der Waals surface area (Å²) in [4.78, 5) is 25.1. The predicted octanol–water partition coefficient (Wildman–Crippen LogP) is 6.49. The number of fused-ring (bicyclic) bond motifs is 1. The van der Waals surface area contributed by atoms with E-state index in [0.29, 0.717) is 17.2 Å². The maximum absolute atomic E-state index is 13.1. The standard InChI is InChI=1S/C32H41N3O6/c1-20-17-27(38-5)28(25-14-15-34(29(20)25)31(37)41-32(2,3)4)33-35-16-13-24(40-19-21-7-8-21)18-26(35)22-9-11-23(12-10-22)30(36)39-6/h9-12,14-15,17,21,24,26,33H,7-8,13,16,18-19H2,1-6H3/t24-,26+/m1/s1. The number of aryl methyl sites for hydroxylation is 1. The molecule has 5 rings (SSSR count). The highest BCUT2D eigenvalue weighted by Crippen LogP contribution is 2.40. The van der Waals surface area contributed by atoms with Crippen molar-refractivity contribution in [2.45, 2.75) is 71.1 Å². The zero-order valence-corrected chi connectivity index (χ0v) is 24.9. The molecule has 0 bridgehead atoms. The zero-order chi connectivity index (χ0) is 29.3. The van der Waals surface area contributed by atoms with Gasteiger partial charge in [0.1, 0.15) is 17.0 Å². The predicted molar refractivity (Wildman–Crippen MR) is 157 cm³/mol.